The molecule has 110 valence electrons. The van der Waals surface area contributed by atoms with E-state index in [0.29, 0.717) is 11.0 Å². The van der Waals surface area contributed by atoms with Gasteiger partial charge in [0.05, 0.1) is 22.7 Å². The first-order chi connectivity index (χ1) is 9.58. The first-order valence-electron chi connectivity index (χ1n) is 7.31. The lowest BCUT2D eigenvalue weighted by Crippen LogP contribution is -2.33. The number of hydrogen-bond donors (Lipinski definition) is 0. The highest BCUT2D eigenvalue weighted by Gasteiger charge is 2.40. The van der Waals surface area contributed by atoms with Gasteiger partial charge < -0.3 is 9.30 Å². The molecule has 2 aliphatic rings. The molecular weight excluding hydrogens is 386 g/mol. The molecule has 2 fully saturated rings. The quantitative estimate of drug-likeness (QED) is 0.737. The Morgan fingerprint density at radius 3 is 2.75 bits per heavy atom. The molecule has 0 radical (unpaired) electrons. The summed E-state index contributed by atoms with van der Waals surface area (Å²) < 4.78 is 9.60. The molecule has 1 aromatic rings. The van der Waals surface area contributed by atoms with Crippen LogP contribution in [0.25, 0.3) is 0 Å². The van der Waals surface area contributed by atoms with E-state index in [-0.39, 0.29) is 17.3 Å². The lowest BCUT2D eigenvalue weighted by Gasteiger charge is -2.33. The van der Waals surface area contributed by atoms with E-state index in [4.69, 9.17) is 4.74 Å². The van der Waals surface area contributed by atoms with Crippen molar-refractivity contribution >= 4 is 31.9 Å². The fraction of sp³-hybridized carbons (Fsp3) is 0.667. The van der Waals surface area contributed by atoms with Gasteiger partial charge in [-0.25, -0.2) is 0 Å². The van der Waals surface area contributed by atoms with Crippen LogP contribution in [0.4, 0.5) is 0 Å². The summed E-state index contributed by atoms with van der Waals surface area (Å²) in [4.78, 5) is 12.1. The van der Waals surface area contributed by atoms with E-state index >= 15 is 0 Å². The zero-order chi connectivity index (χ0) is 14.2. The fourth-order valence-corrected chi connectivity index (χ4v) is 4.77. The summed E-state index contributed by atoms with van der Waals surface area (Å²) in [5.74, 6) is 0. The Morgan fingerprint density at radius 2 is 2.00 bits per heavy atom. The molecule has 2 heterocycles. The fourth-order valence-electron chi connectivity index (χ4n) is 3.51. The molecule has 3 nitrogen and oxygen atoms in total. The minimum absolute atomic E-state index is 0.0152. The number of aromatic nitrogens is 1. The molecule has 1 aliphatic heterocycles. The molecule has 5 heteroatoms. The maximum absolute atomic E-state index is 12.1. The molecule has 1 spiro atoms. The maximum atomic E-state index is 12.1. The van der Waals surface area contributed by atoms with Crippen molar-refractivity contribution in [3.63, 3.8) is 0 Å². The third-order valence-electron chi connectivity index (χ3n) is 4.51. The summed E-state index contributed by atoms with van der Waals surface area (Å²) in [6, 6.07) is 1.79. The predicted octanol–water partition coefficient (Wildman–Crippen LogP) is 4.26. The number of pyridine rings is 1. The van der Waals surface area contributed by atoms with Crippen LogP contribution < -0.4 is 5.56 Å². The van der Waals surface area contributed by atoms with Gasteiger partial charge in [0, 0.05) is 10.7 Å². The van der Waals surface area contributed by atoms with E-state index in [2.05, 4.69) is 31.9 Å². The number of nitrogens with zero attached hydrogens (tertiary/aromatic N) is 1. The minimum atomic E-state index is 0.0152. The van der Waals surface area contributed by atoms with Crippen LogP contribution >= 0.6 is 31.9 Å². The van der Waals surface area contributed by atoms with Crippen LogP contribution in [0.2, 0.25) is 0 Å². The van der Waals surface area contributed by atoms with Crippen molar-refractivity contribution in [2.45, 2.75) is 63.2 Å². The second-order valence-electron chi connectivity index (χ2n) is 5.99. The lowest BCUT2D eigenvalue weighted by molar-refractivity contribution is -0.0682. The van der Waals surface area contributed by atoms with E-state index in [9.17, 15) is 4.79 Å². The van der Waals surface area contributed by atoms with Crippen LogP contribution in [0, 0.1) is 0 Å². The van der Waals surface area contributed by atoms with Crippen LogP contribution in [-0.4, -0.2) is 16.3 Å². The molecule has 1 aromatic heterocycles. The summed E-state index contributed by atoms with van der Waals surface area (Å²) in [7, 11) is 0. The van der Waals surface area contributed by atoms with Gasteiger partial charge in [-0.15, -0.1) is 0 Å². The third kappa shape index (κ3) is 3.04. The van der Waals surface area contributed by atoms with Gasteiger partial charge in [-0.3, -0.25) is 4.79 Å². The Hall–Kier alpha value is -0.130. The number of hydrogen-bond acceptors (Lipinski definition) is 2. The highest BCUT2D eigenvalue weighted by atomic mass is 79.9. The van der Waals surface area contributed by atoms with Gasteiger partial charge >= 0.3 is 0 Å². The number of ether oxygens (including phenoxy) is 1. The van der Waals surface area contributed by atoms with E-state index in [1.807, 2.05) is 6.20 Å². The zero-order valence-corrected chi connectivity index (χ0v) is 14.6. The largest absolute Gasteiger partial charge is 0.370 e. The van der Waals surface area contributed by atoms with Crippen molar-refractivity contribution in [2.75, 3.05) is 0 Å². The maximum Gasteiger partial charge on any atom is 0.264 e. The first kappa shape index (κ1) is 14.8. The average molecular weight is 405 g/mol. The van der Waals surface area contributed by atoms with Gasteiger partial charge in [-0.1, -0.05) is 19.3 Å². The molecule has 1 saturated heterocycles. The van der Waals surface area contributed by atoms with Gasteiger partial charge in [0.25, 0.3) is 5.56 Å². The lowest BCUT2D eigenvalue weighted by atomic mass is 9.83. The van der Waals surface area contributed by atoms with Crippen LogP contribution in [0.5, 0.6) is 0 Å². The highest BCUT2D eigenvalue weighted by Crippen LogP contribution is 2.42. The van der Waals surface area contributed by atoms with E-state index < -0.39 is 0 Å². The van der Waals surface area contributed by atoms with E-state index in [1.54, 1.807) is 10.6 Å². The summed E-state index contributed by atoms with van der Waals surface area (Å²) >= 11 is 6.75. The molecule has 1 unspecified atom stereocenters. The molecule has 3 rings (SSSR count). The molecule has 0 N–H and O–H groups in total. The molecule has 0 bridgehead atoms. The van der Waals surface area contributed by atoms with Gasteiger partial charge in [0.2, 0.25) is 0 Å². The molecule has 20 heavy (non-hydrogen) atoms. The molecule has 1 saturated carbocycles. The Morgan fingerprint density at radius 1 is 1.25 bits per heavy atom. The summed E-state index contributed by atoms with van der Waals surface area (Å²) in [6.45, 7) is 0.651. The topological polar surface area (TPSA) is 31.2 Å². The van der Waals surface area contributed by atoms with Gasteiger partial charge in [-0.05, 0) is 63.6 Å². The predicted molar refractivity (Wildman–Crippen MR) is 86.0 cm³/mol. The van der Waals surface area contributed by atoms with Gasteiger partial charge in [-0.2, -0.15) is 0 Å². The zero-order valence-electron chi connectivity index (χ0n) is 11.4. The van der Waals surface area contributed by atoms with Crippen molar-refractivity contribution in [1.82, 2.24) is 4.57 Å². The Balaban J connectivity index is 1.72. The van der Waals surface area contributed by atoms with Crippen LogP contribution in [0.1, 0.15) is 44.9 Å². The second-order valence-corrected chi connectivity index (χ2v) is 7.76. The van der Waals surface area contributed by atoms with Crippen molar-refractivity contribution in [1.29, 1.82) is 0 Å². The van der Waals surface area contributed by atoms with Crippen molar-refractivity contribution in [3.8, 4) is 0 Å². The smallest absolute Gasteiger partial charge is 0.264 e. The Kier molecular flexibility index (Phi) is 4.39. The number of halogens is 2. The highest BCUT2D eigenvalue weighted by molar-refractivity contribution is 9.11. The van der Waals surface area contributed by atoms with Crippen LogP contribution in [-0.2, 0) is 11.3 Å². The summed E-state index contributed by atoms with van der Waals surface area (Å²) in [5, 5.41) is 0. The van der Waals surface area contributed by atoms with Gasteiger partial charge in [0.15, 0.2) is 0 Å². The first-order valence-corrected chi connectivity index (χ1v) is 8.90. The van der Waals surface area contributed by atoms with Crippen molar-refractivity contribution in [3.05, 3.63) is 31.6 Å². The minimum Gasteiger partial charge on any atom is -0.370 e. The molecule has 0 amide bonds. The summed E-state index contributed by atoms with van der Waals surface area (Å²) in [6.07, 6.45) is 10.5. The molecule has 0 aromatic carbocycles. The standard InChI is InChI=1S/C15H19Br2NO2/c16-11-8-13(17)14(19)18(9-11)10-12-4-7-15(20-12)5-2-1-3-6-15/h8-9,12H,1-7,10H2. The Labute approximate surface area is 136 Å². The van der Waals surface area contributed by atoms with Gasteiger partial charge in [0.1, 0.15) is 0 Å². The molecular formula is C15H19Br2NO2. The van der Waals surface area contributed by atoms with Crippen LogP contribution in [0.3, 0.4) is 0 Å². The molecule has 1 atom stereocenters. The summed E-state index contributed by atoms with van der Waals surface area (Å²) in [5.41, 5.74) is 0.136. The average Bonchev–Trinajstić information content (AvgIpc) is 2.79. The van der Waals surface area contributed by atoms with E-state index in [0.717, 1.165) is 17.3 Å². The van der Waals surface area contributed by atoms with Crippen molar-refractivity contribution < 1.29 is 4.74 Å². The SMILES string of the molecule is O=c1c(Br)cc(Br)cn1CC1CCC2(CCCCC2)O1. The van der Waals surface area contributed by atoms with Crippen molar-refractivity contribution in [2.24, 2.45) is 0 Å². The molecule has 1 aliphatic carbocycles. The Bertz CT molecular complexity index is 549. The monoisotopic (exact) mass is 403 g/mol. The van der Waals surface area contributed by atoms with E-state index in [1.165, 1.54) is 32.1 Å². The second kappa shape index (κ2) is 5.93. The third-order valence-corrected chi connectivity index (χ3v) is 5.51. The van der Waals surface area contributed by atoms with Crippen LogP contribution in [0.15, 0.2) is 26.0 Å². The normalized spacial score (nSPS) is 25.2. The number of rotatable bonds is 2.